The smallest absolute Gasteiger partial charge is 0.410 e. The van der Waals surface area contributed by atoms with Gasteiger partial charge < -0.3 is 14.4 Å². The highest BCUT2D eigenvalue weighted by molar-refractivity contribution is 5.68. The van der Waals surface area contributed by atoms with Gasteiger partial charge in [-0.25, -0.2) is 4.79 Å². The Morgan fingerprint density at radius 3 is 2.40 bits per heavy atom. The van der Waals surface area contributed by atoms with Gasteiger partial charge >= 0.3 is 6.09 Å². The summed E-state index contributed by atoms with van der Waals surface area (Å²) in [6, 6.07) is 10.5. The number of carbonyl (C=O) groups excluding carboxylic acids is 1. The molecule has 0 unspecified atom stereocenters. The highest BCUT2D eigenvalue weighted by atomic mass is 16.6. The number of rotatable bonds is 5. The zero-order valence-corrected chi connectivity index (χ0v) is 16.0. The molecular formula is C21H31NO3. The first-order chi connectivity index (χ1) is 11.8. The van der Waals surface area contributed by atoms with Crippen LogP contribution in [0.4, 0.5) is 4.79 Å². The van der Waals surface area contributed by atoms with Gasteiger partial charge in [0.2, 0.25) is 0 Å². The summed E-state index contributed by atoms with van der Waals surface area (Å²) < 4.78 is 10.7. The monoisotopic (exact) mass is 345 g/mol. The lowest BCUT2D eigenvalue weighted by atomic mass is 9.74. The van der Waals surface area contributed by atoms with Gasteiger partial charge in [-0.1, -0.05) is 30.3 Å². The number of aryl methyl sites for hydroxylation is 1. The molecule has 0 spiro atoms. The zero-order valence-electron chi connectivity index (χ0n) is 16.0. The predicted molar refractivity (Wildman–Crippen MR) is 100 cm³/mol. The van der Waals surface area contributed by atoms with Crippen LogP contribution >= 0.6 is 0 Å². The lowest BCUT2D eigenvalue weighted by Gasteiger charge is -2.40. The lowest BCUT2D eigenvalue weighted by molar-refractivity contribution is 0.0136. The fraction of sp³-hybridized carbons (Fsp3) is 0.571. The quantitative estimate of drug-likeness (QED) is 0.720. The molecule has 2 rings (SSSR count). The van der Waals surface area contributed by atoms with E-state index in [4.69, 9.17) is 9.47 Å². The first-order valence-corrected chi connectivity index (χ1v) is 9.06. The second-order valence-electron chi connectivity index (χ2n) is 7.85. The SMILES string of the molecule is COC=CC1(CCc2ccccc2)CCN(C(=O)OC(C)(C)C)CC1. The molecule has 25 heavy (non-hydrogen) atoms. The molecule has 1 amide bonds. The van der Waals surface area contributed by atoms with Crippen molar-refractivity contribution in [3.8, 4) is 0 Å². The van der Waals surface area contributed by atoms with Crippen molar-refractivity contribution in [1.82, 2.24) is 4.90 Å². The fourth-order valence-corrected chi connectivity index (χ4v) is 3.21. The minimum atomic E-state index is -0.450. The van der Waals surface area contributed by atoms with E-state index in [1.165, 1.54) is 5.56 Å². The molecule has 4 heteroatoms. The van der Waals surface area contributed by atoms with Crippen molar-refractivity contribution in [3.63, 3.8) is 0 Å². The average Bonchev–Trinajstić information content (AvgIpc) is 2.58. The van der Waals surface area contributed by atoms with Crippen LogP contribution in [0.2, 0.25) is 0 Å². The molecule has 0 atom stereocenters. The van der Waals surface area contributed by atoms with Gasteiger partial charge in [-0.2, -0.15) is 0 Å². The molecular weight excluding hydrogens is 314 g/mol. The van der Waals surface area contributed by atoms with E-state index < -0.39 is 5.60 Å². The number of allylic oxidation sites excluding steroid dienone is 1. The Morgan fingerprint density at radius 2 is 1.84 bits per heavy atom. The topological polar surface area (TPSA) is 38.8 Å². The Hall–Kier alpha value is -1.97. The molecule has 1 fully saturated rings. The van der Waals surface area contributed by atoms with Gasteiger partial charge in [-0.3, -0.25) is 0 Å². The molecule has 1 heterocycles. The summed E-state index contributed by atoms with van der Waals surface area (Å²) in [6.45, 7) is 7.15. The number of methoxy groups -OCH3 is 1. The molecule has 0 aliphatic carbocycles. The first-order valence-electron chi connectivity index (χ1n) is 9.06. The van der Waals surface area contributed by atoms with Crippen molar-refractivity contribution < 1.29 is 14.3 Å². The molecule has 0 aromatic heterocycles. The number of amides is 1. The van der Waals surface area contributed by atoms with Crippen LogP contribution in [-0.4, -0.2) is 36.8 Å². The first kappa shape index (κ1) is 19.4. The molecule has 4 nitrogen and oxygen atoms in total. The number of piperidine rings is 1. The molecule has 0 saturated carbocycles. The minimum Gasteiger partial charge on any atom is -0.505 e. The molecule has 1 aliphatic rings. The zero-order chi connectivity index (χ0) is 18.3. The van der Waals surface area contributed by atoms with E-state index in [-0.39, 0.29) is 11.5 Å². The minimum absolute atomic E-state index is 0.0738. The van der Waals surface area contributed by atoms with Gasteiger partial charge in [0.15, 0.2) is 0 Å². The van der Waals surface area contributed by atoms with Crippen molar-refractivity contribution in [1.29, 1.82) is 0 Å². The van der Waals surface area contributed by atoms with E-state index in [0.29, 0.717) is 0 Å². The van der Waals surface area contributed by atoms with Gasteiger partial charge in [0.25, 0.3) is 0 Å². The molecule has 1 aliphatic heterocycles. The van der Waals surface area contributed by atoms with Crippen LogP contribution in [0.3, 0.4) is 0 Å². The maximum absolute atomic E-state index is 12.3. The highest BCUT2D eigenvalue weighted by Gasteiger charge is 2.35. The van der Waals surface area contributed by atoms with Crippen LogP contribution in [0.5, 0.6) is 0 Å². The molecule has 0 radical (unpaired) electrons. The lowest BCUT2D eigenvalue weighted by Crippen LogP contribution is -2.44. The average molecular weight is 345 g/mol. The summed E-state index contributed by atoms with van der Waals surface area (Å²) in [6.07, 6.45) is 7.70. The van der Waals surface area contributed by atoms with E-state index in [0.717, 1.165) is 38.8 Å². The van der Waals surface area contributed by atoms with Crippen molar-refractivity contribution in [3.05, 3.63) is 48.2 Å². The van der Waals surface area contributed by atoms with Crippen molar-refractivity contribution in [2.24, 2.45) is 5.41 Å². The number of benzene rings is 1. The number of hydrogen-bond donors (Lipinski definition) is 0. The van der Waals surface area contributed by atoms with Crippen molar-refractivity contribution in [2.45, 2.75) is 52.1 Å². The maximum atomic E-state index is 12.3. The van der Waals surface area contributed by atoms with Gasteiger partial charge in [0, 0.05) is 13.1 Å². The van der Waals surface area contributed by atoms with E-state index in [1.807, 2.05) is 31.7 Å². The third kappa shape index (κ3) is 6.11. The summed E-state index contributed by atoms with van der Waals surface area (Å²) in [7, 11) is 1.68. The van der Waals surface area contributed by atoms with Crippen LogP contribution < -0.4 is 0 Å². The Balaban J connectivity index is 1.98. The third-order valence-corrected chi connectivity index (χ3v) is 4.72. The Kier molecular flexibility index (Phi) is 6.51. The predicted octanol–water partition coefficient (Wildman–Crippen LogP) is 4.80. The standard InChI is InChI=1S/C21H31NO3/c1-20(2,3)25-19(23)22-15-12-21(13-16-22,14-17-24-4)11-10-18-8-6-5-7-9-18/h5-9,14,17H,10-13,15-16H2,1-4H3. The van der Waals surface area contributed by atoms with Gasteiger partial charge in [0.1, 0.15) is 5.60 Å². The largest absolute Gasteiger partial charge is 0.505 e. The number of hydrogen-bond acceptors (Lipinski definition) is 3. The van der Waals surface area contributed by atoms with Crippen molar-refractivity contribution >= 4 is 6.09 Å². The second kappa shape index (κ2) is 8.41. The Labute approximate surface area is 151 Å². The summed E-state index contributed by atoms with van der Waals surface area (Å²) in [5.74, 6) is 0. The van der Waals surface area contributed by atoms with Gasteiger partial charge in [-0.05, 0) is 63.5 Å². The van der Waals surface area contributed by atoms with Crippen LogP contribution in [0.15, 0.2) is 42.7 Å². The second-order valence-corrected chi connectivity index (χ2v) is 7.85. The molecule has 1 aromatic rings. The van der Waals surface area contributed by atoms with E-state index in [2.05, 4.69) is 30.3 Å². The summed E-state index contributed by atoms with van der Waals surface area (Å²) >= 11 is 0. The molecule has 0 N–H and O–H groups in total. The van der Waals surface area contributed by atoms with E-state index in [9.17, 15) is 4.79 Å². The van der Waals surface area contributed by atoms with Crippen LogP contribution in [0, 0.1) is 5.41 Å². The fourth-order valence-electron chi connectivity index (χ4n) is 3.21. The van der Waals surface area contributed by atoms with Crippen LogP contribution in [0.1, 0.15) is 45.6 Å². The summed E-state index contributed by atoms with van der Waals surface area (Å²) in [5.41, 5.74) is 0.974. The number of carbonyl (C=O) groups is 1. The van der Waals surface area contributed by atoms with Gasteiger partial charge in [0.05, 0.1) is 13.4 Å². The summed E-state index contributed by atoms with van der Waals surface area (Å²) in [4.78, 5) is 14.1. The van der Waals surface area contributed by atoms with E-state index in [1.54, 1.807) is 13.4 Å². The highest BCUT2D eigenvalue weighted by Crippen LogP contribution is 2.38. The van der Waals surface area contributed by atoms with E-state index >= 15 is 0 Å². The normalized spacial score (nSPS) is 17.5. The third-order valence-electron chi connectivity index (χ3n) is 4.72. The van der Waals surface area contributed by atoms with Crippen LogP contribution in [-0.2, 0) is 15.9 Å². The molecule has 0 bridgehead atoms. The Morgan fingerprint density at radius 1 is 1.20 bits per heavy atom. The molecule has 1 aromatic carbocycles. The Bertz CT molecular complexity index is 567. The number of ether oxygens (including phenoxy) is 2. The van der Waals surface area contributed by atoms with Crippen molar-refractivity contribution in [2.75, 3.05) is 20.2 Å². The number of likely N-dealkylation sites (tertiary alicyclic amines) is 1. The summed E-state index contributed by atoms with van der Waals surface area (Å²) in [5, 5.41) is 0. The van der Waals surface area contributed by atoms with Crippen LogP contribution in [0.25, 0.3) is 0 Å². The number of nitrogens with zero attached hydrogens (tertiary/aromatic N) is 1. The maximum Gasteiger partial charge on any atom is 0.410 e. The molecule has 1 saturated heterocycles. The van der Waals surface area contributed by atoms with Gasteiger partial charge in [-0.15, -0.1) is 0 Å². The molecule has 138 valence electrons.